The van der Waals surface area contributed by atoms with Crippen LogP contribution in [0.1, 0.15) is 5.56 Å². The molecule has 0 aliphatic heterocycles. The number of rotatable bonds is 5. The van der Waals surface area contributed by atoms with E-state index in [1.165, 1.54) is 6.07 Å². The van der Waals surface area contributed by atoms with E-state index in [0.29, 0.717) is 5.75 Å². The van der Waals surface area contributed by atoms with Gasteiger partial charge in [0.05, 0.1) is 15.1 Å². The number of nitrogens with one attached hydrogen (secondary N) is 1. The maximum atomic E-state index is 11.8. The third-order valence-electron chi connectivity index (χ3n) is 2.82. The van der Waals surface area contributed by atoms with E-state index in [4.69, 9.17) is 39.5 Å². The zero-order valence-electron chi connectivity index (χ0n) is 11.3. The van der Waals surface area contributed by atoms with Gasteiger partial charge in [-0.15, -0.1) is 0 Å². The highest BCUT2D eigenvalue weighted by Gasteiger charge is 2.15. The fourth-order valence-electron chi connectivity index (χ4n) is 1.70. The number of carbonyl (C=O) groups is 1. The lowest BCUT2D eigenvalue weighted by Gasteiger charge is -2.12. The highest BCUT2D eigenvalue weighted by Crippen LogP contribution is 2.38. The van der Waals surface area contributed by atoms with Crippen molar-refractivity contribution in [3.8, 4) is 11.5 Å². The summed E-state index contributed by atoms with van der Waals surface area (Å²) in [5.74, 6) is 0.0140. The number of halogens is 3. The molecule has 0 aliphatic rings. The van der Waals surface area contributed by atoms with Crippen LogP contribution in [0.2, 0.25) is 15.1 Å². The van der Waals surface area contributed by atoms with Gasteiger partial charge in [0, 0.05) is 12.1 Å². The first-order valence-electron chi connectivity index (χ1n) is 6.29. The average molecular weight is 361 g/mol. The van der Waals surface area contributed by atoms with Gasteiger partial charge in [0.2, 0.25) is 0 Å². The van der Waals surface area contributed by atoms with Gasteiger partial charge >= 0.3 is 0 Å². The van der Waals surface area contributed by atoms with E-state index in [1.54, 1.807) is 24.3 Å². The number of hydrogen-bond acceptors (Lipinski definition) is 3. The minimum atomic E-state index is -0.365. The Morgan fingerprint density at radius 3 is 2.50 bits per heavy atom. The van der Waals surface area contributed by atoms with Crippen LogP contribution in [0.15, 0.2) is 36.4 Å². The van der Waals surface area contributed by atoms with Crippen molar-refractivity contribution >= 4 is 40.7 Å². The lowest BCUT2D eigenvalue weighted by molar-refractivity contribution is -0.123. The number of phenols is 1. The molecule has 116 valence electrons. The Labute approximate surface area is 142 Å². The summed E-state index contributed by atoms with van der Waals surface area (Å²) < 4.78 is 5.30. The van der Waals surface area contributed by atoms with Gasteiger partial charge in [0.15, 0.2) is 6.61 Å². The molecule has 2 rings (SSSR count). The van der Waals surface area contributed by atoms with Crippen LogP contribution in [0.5, 0.6) is 11.5 Å². The van der Waals surface area contributed by atoms with E-state index in [2.05, 4.69) is 5.32 Å². The van der Waals surface area contributed by atoms with Crippen LogP contribution in [-0.2, 0) is 11.3 Å². The molecule has 4 nitrogen and oxygen atoms in total. The summed E-state index contributed by atoms with van der Waals surface area (Å²) >= 11 is 17.7. The maximum Gasteiger partial charge on any atom is 0.258 e. The number of para-hydroxylation sites is 1. The molecular formula is C15H12Cl3NO3. The van der Waals surface area contributed by atoms with E-state index in [9.17, 15) is 9.90 Å². The topological polar surface area (TPSA) is 58.6 Å². The molecule has 0 fully saturated rings. The minimum absolute atomic E-state index is 0.0120. The molecule has 22 heavy (non-hydrogen) atoms. The van der Waals surface area contributed by atoms with Crippen LogP contribution in [0, 0.1) is 0 Å². The molecule has 0 heterocycles. The Kier molecular flexibility index (Phi) is 5.77. The highest BCUT2D eigenvalue weighted by atomic mass is 35.5. The van der Waals surface area contributed by atoms with E-state index in [1.807, 2.05) is 6.07 Å². The van der Waals surface area contributed by atoms with Gasteiger partial charge in [0.1, 0.15) is 11.5 Å². The Balaban J connectivity index is 1.94. The molecule has 0 saturated heterocycles. The van der Waals surface area contributed by atoms with Crippen LogP contribution in [0.3, 0.4) is 0 Å². The predicted octanol–water partition coefficient (Wildman–Crippen LogP) is 4.05. The highest BCUT2D eigenvalue weighted by molar-refractivity contribution is 6.44. The lowest BCUT2D eigenvalue weighted by Crippen LogP contribution is -2.28. The molecule has 1 amide bonds. The summed E-state index contributed by atoms with van der Waals surface area (Å²) in [7, 11) is 0. The van der Waals surface area contributed by atoms with Crippen molar-refractivity contribution in [1.82, 2.24) is 5.32 Å². The van der Waals surface area contributed by atoms with Crippen molar-refractivity contribution in [2.45, 2.75) is 6.54 Å². The molecule has 2 aromatic rings. The average Bonchev–Trinajstić information content (AvgIpc) is 2.52. The number of benzene rings is 2. The molecular weight excluding hydrogens is 349 g/mol. The summed E-state index contributed by atoms with van der Waals surface area (Å²) in [5, 5.41) is 12.9. The molecule has 0 aliphatic carbocycles. The van der Waals surface area contributed by atoms with Crippen molar-refractivity contribution in [2.75, 3.05) is 6.61 Å². The molecule has 0 atom stereocenters. The Morgan fingerprint density at radius 1 is 1.14 bits per heavy atom. The largest absolute Gasteiger partial charge is 0.506 e. The molecule has 2 aromatic carbocycles. The van der Waals surface area contributed by atoms with Crippen LogP contribution in [0.4, 0.5) is 0 Å². The molecule has 0 unspecified atom stereocenters. The number of carbonyl (C=O) groups excluding carboxylic acids is 1. The van der Waals surface area contributed by atoms with Crippen LogP contribution >= 0.6 is 34.8 Å². The lowest BCUT2D eigenvalue weighted by atomic mass is 10.2. The summed E-state index contributed by atoms with van der Waals surface area (Å²) in [6.45, 7) is -0.168. The number of amides is 1. The van der Waals surface area contributed by atoms with Crippen LogP contribution < -0.4 is 10.1 Å². The quantitative estimate of drug-likeness (QED) is 0.791. The van der Waals surface area contributed by atoms with Crippen molar-refractivity contribution in [3.05, 3.63) is 57.0 Å². The third kappa shape index (κ3) is 4.19. The summed E-state index contributed by atoms with van der Waals surface area (Å²) in [5.41, 5.74) is 0.257. The molecule has 0 bridgehead atoms. The van der Waals surface area contributed by atoms with Gasteiger partial charge in [-0.25, -0.2) is 0 Å². The Hall–Kier alpha value is -1.62. The second-order valence-corrected chi connectivity index (χ2v) is 5.55. The molecule has 7 heteroatoms. The van der Waals surface area contributed by atoms with Gasteiger partial charge < -0.3 is 15.2 Å². The minimum Gasteiger partial charge on any atom is -0.506 e. The SMILES string of the molecule is O=C(COc1ccccc1)NCc1c(O)c(Cl)cc(Cl)c1Cl. The first-order chi connectivity index (χ1) is 10.5. The Bertz CT molecular complexity index is 651. The first-order valence-corrected chi connectivity index (χ1v) is 7.42. The van der Waals surface area contributed by atoms with Crippen LogP contribution in [-0.4, -0.2) is 17.6 Å². The zero-order chi connectivity index (χ0) is 16.1. The standard InChI is InChI=1S/C15H12Cl3NO3/c16-11-6-12(17)15(21)10(14(11)18)7-19-13(20)8-22-9-4-2-1-3-5-9/h1-6,21H,7-8H2,(H,19,20). The second kappa shape index (κ2) is 7.58. The number of phenolic OH excluding ortho intramolecular Hbond substituents is 1. The monoisotopic (exact) mass is 359 g/mol. The van der Waals surface area contributed by atoms with Crippen molar-refractivity contribution in [1.29, 1.82) is 0 Å². The smallest absolute Gasteiger partial charge is 0.258 e. The summed E-state index contributed by atoms with van der Waals surface area (Å²) in [6.07, 6.45) is 0. The van der Waals surface area contributed by atoms with E-state index in [-0.39, 0.29) is 45.4 Å². The third-order valence-corrected chi connectivity index (χ3v) is 3.93. The molecule has 0 saturated carbocycles. The van der Waals surface area contributed by atoms with E-state index < -0.39 is 0 Å². The van der Waals surface area contributed by atoms with Gasteiger partial charge in [-0.2, -0.15) is 0 Å². The molecule has 2 N–H and O–H groups in total. The van der Waals surface area contributed by atoms with Gasteiger partial charge in [-0.1, -0.05) is 53.0 Å². The fourth-order valence-corrected chi connectivity index (χ4v) is 2.41. The van der Waals surface area contributed by atoms with Crippen molar-refractivity contribution in [3.63, 3.8) is 0 Å². The van der Waals surface area contributed by atoms with Gasteiger partial charge in [0.25, 0.3) is 5.91 Å². The zero-order valence-corrected chi connectivity index (χ0v) is 13.5. The number of hydrogen-bond donors (Lipinski definition) is 2. The van der Waals surface area contributed by atoms with Crippen molar-refractivity contribution < 1.29 is 14.6 Å². The second-order valence-electron chi connectivity index (χ2n) is 4.36. The van der Waals surface area contributed by atoms with Gasteiger partial charge in [-0.05, 0) is 18.2 Å². The molecule has 0 aromatic heterocycles. The normalized spacial score (nSPS) is 10.3. The Morgan fingerprint density at radius 2 is 1.82 bits per heavy atom. The summed E-state index contributed by atoms with van der Waals surface area (Å²) in [6, 6.07) is 10.3. The van der Waals surface area contributed by atoms with E-state index >= 15 is 0 Å². The fraction of sp³-hybridized carbons (Fsp3) is 0.133. The maximum absolute atomic E-state index is 11.8. The van der Waals surface area contributed by atoms with Gasteiger partial charge in [-0.3, -0.25) is 4.79 Å². The molecule has 0 radical (unpaired) electrons. The molecule has 0 spiro atoms. The van der Waals surface area contributed by atoms with E-state index in [0.717, 1.165) is 0 Å². The summed E-state index contributed by atoms with van der Waals surface area (Å²) in [4.78, 5) is 11.8. The predicted molar refractivity (Wildman–Crippen MR) is 86.9 cm³/mol. The first kappa shape index (κ1) is 16.7. The number of ether oxygens (including phenoxy) is 1. The van der Waals surface area contributed by atoms with Crippen LogP contribution in [0.25, 0.3) is 0 Å². The van der Waals surface area contributed by atoms with Crippen molar-refractivity contribution in [2.24, 2.45) is 0 Å². The number of aromatic hydroxyl groups is 1.